The lowest BCUT2D eigenvalue weighted by Gasteiger charge is -2.13. The quantitative estimate of drug-likeness (QED) is 0.456. The maximum atomic E-state index is 8.95. The van der Waals surface area contributed by atoms with Gasteiger partial charge < -0.3 is 4.57 Å². The van der Waals surface area contributed by atoms with E-state index in [1.54, 1.807) is 0 Å². The van der Waals surface area contributed by atoms with Gasteiger partial charge in [0.25, 0.3) is 0 Å². The minimum absolute atomic E-state index is 0. The van der Waals surface area contributed by atoms with Crippen LogP contribution in [-0.2, 0) is 13.0 Å². The van der Waals surface area contributed by atoms with Gasteiger partial charge in [0.05, 0.1) is 18.0 Å². The third-order valence-electron chi connectivity index (χ3n) is 4.71. The summed E-state index contributed by atoms with van der Waals surface area (Å²) >= 11 is 0. The zero-order valence-electron chi connectivity index (χ0n) is 15.3. The third kappa shape index (κ3) is 4.31. The predicted octanol–water partition coefficient (Wildman–Crippen LogP) is 5.48. The van der Waals surface area contributed by atoms with Gasteiger partial charge in [-0.25, -0.2) is 4.98 Å². The van der Waals surface area contributed by atoms with E-state index < -0.39 is 0 Å². The van der Waals surface area contributed by atoms with Crippen LogP contribution in [0.15, 0.2) is 91.4 Å². The minimum atomic E-state index is 0. The molecule has 0 saturated heterocycles. The molecular formula is C24H20ClN3. The normalized spacial score (nSPS) is 10.1. The number of hydrogen-bond donors (Lipinski definition) is 0. The van der Waals surface area contributed by atoms with Crippen molar-refractivity contribution < 1.29 is 0 Å². The number of nitrogens with zero attached hydrogens (tertiary/aromatic N) is 3. The molecule has 1 heterocycles. The summed E-state index contributed by atoms with van der Waals surface area (Å²) in [4.78, 5) is 4.36. The summed E-state index contributed by atoms with van der Waals surface area (Å²) in [5.74, 6) is 0. The minimum Gasteiger partial charge on any atom is -0.330 e. The number of rotatable bonds is 5. The first kappa shape index (κ1) is 19.4. The van der Waals surface area contributed by atoms with Gasteiger partial charge in [0.1, 0.15) is 0 Å². The Morgan fingerprint density at radius 3 is 2.32 bits per heavy atom. The largest absolute Gasteiger partial charge is 0.330 e. The molecule has 0 aliphatic carbocycles. The number of nitriles is 1. The second kappa shape index (κ2) is 9.03. The van der Waals surface area contributed by atoms with E-state index in [-0.39, 0.29) is 12.4 Å². The number of hydrogen-bond acceptors (Lipinski definition) is 2. The van der Waals surface area contributed by atoms with Crippen molar-refractivity contribution in [3.05, 3.63) is 114 Å². The van der Waals surface area contributed by atoms with Crippen LogP contribution in [0, 0.1) is 11.3 Å². The molecule has 3 aromatic carbocycles. The Hall–Kier alpha value is -3.35. The lowest BCUT2D eigenvalue weighted by molar-refractivity contribution is 0.754. The molecule has 3 nitrogen and oxygen atoms in total. The van der Waals surface area contributed by atoms with Crippen LogP contribution in [0.5, 0.6) is 0 Å². The average molecular weight is 386 g/mol. The van der Waals surface area contributed by atoms with Crippen molar-refractivity contribution in [2.45, 2.75) is 13.0 Å². The van der Waals surface area contributed by atoms with E-state index in [9.17, 15) is 0 Å². The molecule has 0 radical (unpaired) electrons. The molecule has 4 rings (SSSR count). The van der Waals surface area contributed by atoms with Crippen molar-refractivity contribution in [3.63, 3.8) is 0 Å². The Kier molecular flexibility index (Phi) is 6.26. The van der Waals surface area contributed by atoms with Crippen LogP contribution in [0.2, 0.25) is 0 Å². The van der Waals surface area contributed by atoms with E-state index in [2.05, 4.69) is 64.2 Å². The molecule has 0 atom stereocenters. The van der Waals surface area contributed by atoms with Gasteiger partial charge in [-0.1, -0.05) is 66.7 Å². The van der Waals surface area contributed by atoms with E-state index in [0.29, 0.717) is 5.56 Å². The Labute approximate surface area is 171 Å². The summed E-state index contributed by atoms with van der Waals surface area (Å²) in [5.41, 5.74) is 6.75. The molecule has 138 valence electrons. The average Bonchev–Trinajstić information content (AvgIpc) is 3.16. The molecule has 4 aromatic rings. The Balaban J connectivity index is 0.00000225. The molecule has 0 fully saturated rings. The van der Waals surface area contributed by atoms with Gasteiger partial charge >= 0.3 is 0 Å². The lowest BCUT2D eigenvalue weighted by atomic mass is 9.99. The van der Waals surface area contributed by atoms with Crippen molar-refractivity contribution in [2.75, 3.05) is 0 Å². The van der Waals surface area contributed by atoms with Crippen molar-refractivity contribution in [3.8, 4) is 17.2 Å². The van der Waals surface area contributed by atoms with Crippen molar-refractivity contribution in [1.29, 1.82) is 5.26 Å². The monoisotopic (exact) mass is 385 g/mol. The topological polar surface area (TPSA) is 41.6 Å². The summed E-state index contributed by atoms with van der Waals surface area (Å²) in [5, 5.41) is 8.95. The van der Waals surface area contributed by atoms with E-state index in [1.807, 2.05) is 42.9 Å². The van der Waals surface area contributed by atoms with Crippen LogP contribution in [0.4, 0.5) is 0 Å². The Morgan fingerprint density at radius 2 is 1.57 bits per heavy atom. The summed E-state index contributed by atoms with van der Waals surface area (Å²) in [6.45, 7) is 0.774. The van der Waals surface area contributed by atoms with Crippen LogP contribution >= 0.6 is 12.4 Å². The van der Waals surface area contributed by atoms with Gasteiger partial charge in [-0.15, -0.1) is 12.4 Å². The van der Waals surface area contributed by atoms with Crippen LogP contribution < -0.4 is 0 Å². The van der Waals surface area contributed by atoms with Crippen LogP contribution in [0.3, 0.4) is 0 Å². The molecule has 0 aliphatic heterocycles. The molecule has 4 heteroatoms. The van der Waals surface area contributed by atoms with Gasteiger partial charge in [-0.2, -0.15) is 5.26 Å². The zero-order chi connectivity index (χ0) is 18.5. The predicted molar refractivity (Wildman–Crippen MR) is 114 cm³/mol. The highest BCUT2D eigenvalue weighted by atomic mass is 35.5. The zero-order valence-corrected chi connectivity index (χ0v) is 16.1. The second-order valence-electron chi connectivity index (χ2n) is 6.52. The van der Waals surface area contributed by atoms with Gasteiger partial charge in [-0.05, 0) is 34.4 Å². The van der Waals surface area contributed by atoms with Gasteiger partial charge in [0, 0.05) is 24.9 Å². The highest BCUT2D eigenvalue weighted by Gasteiger charge is 2.08. The molecular weight excluding hydrogens is 366 g/mol. The smallest absolute Gasteiger partial charge is 0.0991 e. The summed E-state index contributed by atoms with van der Waals surface area (Å²) < 4.78 is 2.19. The standard InChI is InChI=1S/C24H19N3.ClH/c25-15-20-12-10-19(11-13-20)14-23-16-26-18-27(23)17-22-8-4-5-9-24(22)21-6-2-1-3-7-21;/h1-13,16,18H,14,17H2;1H. The lowest BCUT2D eigenvalue weighted by Crippen LogP contribution is -2.05. The molecule has 0 saturated carbocycles. The fourth-order valence-electron chi connectivity index (χ4n) is 3.29. The molecule has 0 aliphatic rings. The summed E-state index contributed by atoms with van der Waals surface area (Å²) in [6, 6.07) is 28.9. The highest BCUT2D eigenvalue weighted by Crippen LogP contribution is 2.24. The van der Waals surface area contributed by atoms with Gasteiger partial charge in [-0.3, -0.25) is 0 Å². The first-order valence-corrected chi connectivity index (χ1v) is 8.95. The fourth-order valence-corrected chi connectivity index (χ4v) is 3.29. The maximum absolute atomic E-state index is 8.95. The molecule has 28 heavy (non-hydrogen) atoms. The van der Waals surface area contributed by atoms with Crippen LogP contribution in [-0.4, -0.2) is 9.55 Å². The third-order valence-corrected chi connectivity index (χ3v) is 4.71. The van der Waals surface area contributed by atoms with Gasteiger partial charge in [0.15, 0.2) is 0 Å². The summed E-state index contributed by atoms with van der Waals surface area (Å²) in [7, 11) is 0. The highest BCUT2D eigenvalue weighted by molar-refractivity contribution is 5.85. The molecule has 1 aromatic heterocycles. The molecule has 0 bridgehead atoms. The Bertz CT molecular complexity index is 1080. The number of aromatic nitrogens is 2. The van der Waals surface area contributed by atoms with Crippen LogP contribution in [0.1, 0.15) is 22.4 Å². The second-order valence-corrected chi connectivity index (χ2v) is 6.52. The van der Waals surface area contributed by atoms with Crippen LogP contribution in [0.25, 0.3) is 11.1 Å². The number of imidazole rings is 1. The molecule has 0 spiro atoms. The van der Waals surface area contributed by atoms with Gasteiger partial charge in [0.2, 0.25) is 0 Å². The number of benzene rings is 3. The van der Waals surface area contributed by atoms with E-state index in [1.165, 1.54) is 22.3 Å². The maximum Gasteiger partial charge on any atom is 0.0991 e. The fraction of sp³-hybridized carbons (Fsp3) is 0.0833. The first-order chi connectivity index (χ1) is 13.3. The summed E-state index contributed by atoms with van der Waals surface area (Å²) in [6.07, 6.45) is 4.60. The van der Waals surface area contributed by atoms with Crippen molar-refractivity contribution in [1.82, 2.24) is 9.55 Å². The number of halogens is 1. The van der Waals surface area contributed by atoms with Crippen molar-refractivity contribution >= 4 is 12.4 Å². The molecule has 0 amide bonds. The SMILES string of the molecule is Cl.N#Cc1ccc(Cc2cncn2Cc2ccccc2-c2ccccc2)cc1. The van der Waals surface area contributed by atoms with E-state index in [0.717, 1.165) is 18.7 Å². The van der Waals surface area contributed by atoms with E-state index >= 15 is 0 Å². The van der Waals surface area contributed by atoms with Crippen molar-refractivity contribution in [2.24, 2.45) is 0 Å². The Morgan fingerprint density at radius 1 is 0.857 bits per heavy atom. The molecule has 0 unspecified atom stereocenters. The molecule has 0 N–H and O–H groups in total. The van der Waals surface area contributed by atoms with E-state index in [4.69, 9.17) is 5.26 Å². The first-order valence-electron chi connectivity index (χ1n) is 8.95.